The number of hydrogen-bond acceptors (Lipinski definition) is 1. The molecular formula is C30H18ClNS. The molecule has 3 heteroatoms. The Hall–Kier alpha value is -3.59. The zero-order valence-electron chi connectivity index (χ0n) is 17.6. The predicted octanol–water partition coefficient (Wildman–Crippen LogP) is 9.47. The molecule has 0 atom stereocenters. The van der Waals surface area contributed by atoms with E-state index < -0.39 is 0 Å². The summed E-state index contributed by atoms with van der Waals surface area (Å²) in [6.07, 6.45) is 0. The Kier molecular flexibility index (Phi) is 4.14. The standard InChI is InChI=1S/C30H18ClNS/c31-20-16-17-24-23(18-20)29-21(19-8-2-1-3-9-19)11-6-12-25(29)32(24)26-13-7-15-28-30(26)22-10-4-5-14-27(22)33-28/h1-18H. The second kappa shape index (κ2) is 7.21. The van der Waals surface area contributed by atoms with Crippen molar-refractivity contribution >= 4 is 64.9 Å². The number of halogens is 1. The van der Waals surface area contributed by atoms with Gasteiger partial charge in [0.1, 0.15) is 0 Å². The molecule has 2 aromatic heterocycles. The maximum atomic E-state index is 6.52. The molecule has 7 rings (SSSR count). The van der Waals surface area contributed by atoms with Crippen LogP contribution in [0.3, 0.4) is 0 Å². The summed E-state index contributed by atoms with van der Waals surface area (Å²) in [6, 6.07) is 38.8. The second-order valence-electron chi connectivity index (χ2n) is 8.31. The minimum Gasteiger partial charge on any atom is -0.309 e. The molecular weight excluding hydrogens is 442 g/mol. The van der Waals surface area contributed by atoms with Gasteiger partial charge in [0.05, 0.1) is 16.7 Å². The highest BCUT2D eigenvalue weighted by molar-refractivity contribution is 7.25. The first kappa shape index (κ1) is 18.9. The van der Waals surface area contributed by atoms with Gasteiger partial charge in [0.25, 0.3) is 0 Å². The second-order valence-corrected chi connectivity index (χ2v) is 9.83. The van der Waals surface area contributed by atoms with Crippen LogP contribution in [0.4, 0.5) is 0 Å². The van der Waals surface area contributed by atoms with Crippen LogP contribution in [-0.4, -0.2) is 4.57 Å². The lowest BCUT2D eigenvalue weighted by atomic mass is 9.99. The van der Waals surface area contributed by atoms with Crippen LogP contribution in [-0.2, 0) is 0 Å². The Morgan fingerprint density at radius 3 is 2.27 bits per heavy atom. The molecule has 0 saturated heterocycles. The molecule has 0 amide bonds. The van der Waals surface area contributed by atoms with E-state index in [4.69, 9.17) is 11.6 Å². The molecule has 0 fully saturated rings. The summed E-state index contributed by atoms with van der Waals surface area (Å²) in [5.41, 5.74) is 6.00. The van der Waals surface area contributed by atoms with E-state index in [0.717, 1.165) is 5.02 Å². The number of rotatable bonds is 2. The van der Waals surface area contributed by atoms with E-state index in [9.17, 15) is 0 Å². The van der Waals surface area contributed by atoms with Crippen LogP contribution in [0.2, 0.25) is 5.02 Å². The highest BCUT2D eigenvalue weighted by atomic mass is 35.5. The highest BCUT2D eigenvalue weighted by Gasteiger charge is 2.19. The number of thiophene rings is 1. The summed E-state index contributed by atoms with van der Waals surface area (Å²) in [4.78, 5) is 0. The van der Waals surface area contributed by atoms with Crippen LogP contribution in [0, 0.1) is 0 Å². The van der Waals surface area contributed by atoms with Gasteiger partial charge in [0.15, 0.2) is 0 Å². The van der Waals surface area contributed by atoms with Crippen molar-refractivity contribution in [1.29, 1.82) is 0 Å². The van der Waals surface area contributed by atoms with Gasteiger partial charge in [-0.1, -0.05) is 78.3 Å². The van der Waals surface area contributed by atoms with Gasteiger partial charge < -0.3 is 4.57 Å². The van der Waals surface area contributed by atoms with Gasteiger partial charge in [-0.05, 0) is 53.6 Å². The van der Waals surface area contributed by atoms with Crippen LogP contribution in [0.1, 0.15) is 0 Å². The molecule has 0 saturated carbocycles. The summed E-state index contributed by atoms with van der Waals surface area (Å²) < 4.78 is 5.03. The van der Waals surface area contributed by atoms with Gasteiger partial charge in [0, 0.05) is 36.0 Å². The Balaban J connectivity index is 1.69. The average Bonchev–Trinajstić information content (AvgIpc) is 3.40. The maximum absolute atomic E-state index is 6.52. The van der Waals surface area contributed by atoms with Gasteiger partial charge in [-0.3, -0.25) is 0 Å². The number of nitrogens with zero attached hydrogens (tertiary/aromatic N) is 1. The lowest BCUT2D eigenvalue weighted by Crippen LogP contribution is -1.94. The smallest absolute Gasteiger partial charge is 0.0555 e. The number of fused-ring (bicyclic) bond motifs is 6. The Bertz CT molecular complexity index is 1830. The largest absolute Gasteiger partial charge is 0.309 e. The summed E-state index contributed by atoms with van der Waals surface area (Å²) in [6.45, 7) is 0. The number of hydrogen-bond donors (Lipinski definition) is 0. The molecule has 0 bridgehead atoms. The Morgan fingerprint density at radius 1 is 0.576 bits per heavy atom. The molecule has 0 N–H and O–H groups in total. The van der Waals surface area contributed by atoms with E-state index in [2.05, 4.69) is 108 Å². The third-order valence-corrected chi connectivity index (χ3v) is 7.83. The van der Waals surface area contributed by atoms with Gasteiger partial charge in [-0.25, -0.2) is 0 Å². The minimum atomic E-state index is 0.753. The fourth-order valence-corrected chi connectivity index (χ4v) is 6.40. The molecule has 0 aliphatic rings. The molecule has 5 aromatic carbocycles. The van der Waals surface area contributed by atoms with Gasteiger partial charge >= 0.3 is 0 Å². The topological polar surface area (TPSA) is 4.93 Å². The van der Waals surface area contributed by atoms with Gasteiger partial charge in [-0.2, -0.15) is 0 Å². The Morgan fingerprint density at radius 2 is 1.36 bits per heavy atom. The lowest BCUT2D eigenvalue weighted by molar-refractivity contribution is 1.20. The van der Waals surface area contributed by atoms with Gasteiger partial charge in [0.2, 0.25) is 0 Å². The van der Waals surface area contributed by atoms with E-state index >= 15 is 0 Å². The first-order valence-electron chi connectivity index (χ1n) is 11.0. The third kappa shape index (κ3) is 2.78. The summed E-state index contributed by atoms with van der Waals surface area (Å²) in [7, 11) is 0. The van der Waals surface area contributed by atoms with Crippen LogP contribution < -0.4 is 0 Å². The molecule has 0 aliphatic carbocycles. The van der Waals surface area contributed by atoms with E-state index in [-0.39, 0.29) is 0 Å². The number of benzene rings is 5. The van der Waals surface area contributed by atoms with Crippen molar-refractivity contribution in [3.8, 4) is 16.8 Å². The summed E-state index contributed by atoms with van der Waals surface area (Å²) in [5.74, 6) is 0. The predicted molar refractivity (Wildman–Crippen MR) is 144 cm³/mol. The van der Waals surface area contributed by atoms with E-state index in [1.54, 1.807) is 0 Å². The lowest BCUT2D eigenvalue weighted by Gasteiger charge is -2.11. The zero-order chi connectivity index (χ0) is 21.9. The molecule has 7 aromatic rings. The minimum absolute atomic E-state index is 0.753. The molecule has 0 spiro atoms. The number of aromatic nitrogens is 1. The molecule has 0 aliphatic heterocycles. The molecule has 2 heterocycles. The molecule has 33 heavy (non-hydrogen) atoms. The maximum Gasteiger partial charge on any atom is 0.0555 e. The fourth-order valence-electron chi connectivity index (χ4n) is 5.10. The first-order valence-corrected chi connectivity index (χ1v) is 12.2. The van der Waals surface area contributed by atoms with E-state index in [1.165, 1.54) is 58.8 Å². The monoisotopic (exact) mass is 459 g/mol. The average molecular weight is 460 g/mol. The first-order chi connectivity index (χ1) is 16.3. The Labute approximate surface area is 200 Å². The molecule has 1 nitrogen and oxygen atoms in total. The van der Waals surface area contributed by atoms with Crippen LogP contribution in [0.25, 0.3) is 58.8 Å². The quantitative estimate of drug-likeness (QED) is 0.242. The normalized spacial score (nSPS) is 11.8. The SMILES string of the molecule is Clc1ccc2c(c1)c1c(-c3ccccc3)cccc1n2-c1cccc2sc3ccccc3c12. The van der Waals surface area contributed by atoms with Crippen LogP contribution >= 0.6 is 22.9 Å². The molecule has 0 radical (unpaired) electrons. The van der Waals surface area contributed by atoms with Crippen molar-refractivity contribution in [2.75, 3.05) is 0 Å². The van der Waals surface area contributed by atoms with Crippen molar-refractivity contribution in [1.82, 2.24) is 4.57 Å². The summed E-state index contributed by atoms with van der Waals surface area (Å²) >= 11 is 8.37. The van der Waals surface area contributed by atoms with Crippen molar-refractivity contribution in [3.05, 3.63) is 114 Å². The van der Waals surface area contributed by atoms with Crippen LogP contribution in [0.15, 0.2) is 109 Å². The highest BCUT2D eigenvalue weighted by Crippen LogP contribution is 2.43. The van der Waals surface area contributed by atoms with Crippen LogP contribution in [0.5, 0.6) is 0 Å². The van der Waals surface area contributed by atoms with E-state index in [0.29, 0.717) is 0 Å². The van der Waals surface area contributed by atoms with Crippen molar-refractivity contribution in [2.45, 2.75) is 0 Å². The van der Waals surface area contributed by atoms with Crippen molar-refractivity contribution in [2.24, 2.45) is 0 Å². The third-order valence-electron chi connectivity index (χ3n) is 6.46. The van der Waals surface area contributed by atoms with E-state index in [1.807, 2.05) is 17.4 Å². The van der Waals surface area contributed by atoms with Gasteiger partial charge in [-0.15, -0.1) is 11.3 Å². The fraction of sp³-hybridized carbons (Fsp3) is 0. The van der Waals surface area contributed by atoms with Crippen molar-refractivity contribution < 1.29 is 0 Å². The van der Waals surface area contributed by atoms with Crippen molar-refractivity contribution in [3.63, 3.8) is 0 Å². The molecule has 156 valence electrons. The zero-order valence-corrected chi connectivity index (χ0v) is 19.2. The summed E-state index contributed by atoms with van der Waals surface area (Å²) in [5, 5.41) is 5.77. The molecule has 0 unspecified atom stereocenters.